The molecule has 2 nitrogen and oxygen atoms in total. The van der Waals surface area contributed by atoms with Gasteiger partial charge in [0, 0.05) is 21.1 Å². The molecule has 0 fully saturated rings. The molecule has 1 atom stereocenters. The van der Waals surface area contributed by atoms with Crippen molar-refractivity contribution in [3.63, 3.8) is 0 Å². The zero-order valence-electron chi connectivity index (χ0n) is 11.3. The van der Waals surface area contributed by atoms with E-state index in [0.29, 0.717) is 26.6 Å². The minimum absolute atomic E-state index is 0.212. The van der Waals surface area contributed by atoms with E-state index in [1.807, 2.05) is 6.07 Å². The van der Waals surface area contributed by atoms with Crippen molar-refractivity contribution in [2.45, 2.75) is 4.83 Å². The molecule has 0 N–H and O–H groups in total. The lowest BCUT2D eigenvalue weighted by atomic mass is 10.0. The van der Waals surface area contributed by atoms with Crippen molar-refractivity contribution < 1.29 is 9.47 Å². The third-order valence-electron chi connectivity index (χ3n) is 3.01. The molecular weight excluding hydrogens is 398 g/mol. The Hall–Kier alpha value is -0.610. The van der Waals surface area contributed by atoms with Crippen LogP contribution in [0, 0.1) is 0 Å². The van der Waals surface area contributed by atoms with Gasteiger partial charge in [0.25, 0.3) is 0 Å². The highest BCUT2D eigenvalue weighted by atomic mass is 79.9. The molecule has 1 unspecified atom stereocenters. The maximum atomic E-state index is 6.33. The van der Waals surface area contributed by atoms with Crippen molar-refractivity contribution in [1.29, 1.82) is 0 Å². The van der Waals surface area contributed by atoms with Gasteiger partial charge in [-0.1, -0.05) is 50.7 Å². The van der Waals surface area contributed by atoms with Crippen molar-refractivity contribution in [2.75, 3.05) is 14.2 Å². The summed E-state index contributed by atoms with van der Waals surface area (Å²) < 4.78 is 10.5. The van der Waals surface area contributed by atoms with E-state index in [1.165, 1.54) is 0 Å². The predicted octanol–water partition coefficient (Wildman–Crippen LogP) is 6.15. The van der Waals surface area contributed by atoms with Crippen molar-refractivity contribution in [3.8, 4) is 11.5 Å². The van der Waals surface area contributed by atoms with Crippen molar-refractivity contribution in [1.82, 2.24) is 0 Å². The van der Waals surface area contributed by atoms with Crippen molar-refractivity contribution in [2.24, 2.45) is 0 Å². The summed E-state index contributed by atoms with van der Waals surface area (Å²) in [4.78, 5) is -0.212. The minimum Gasteiger partial charge on any atom is -0.493 e. The molecule has 0 aliphatic carbocycles. The van der Waals surface area contributed by atoms with Crippen LogP contribution in [0.25, 0.3) is 0 Å². The summed E-state index contributed by atoms with van der Waals surface area (Å²) in [6, 6.07) is 8.82. The van der Waals surface area contributed by atoms with Crippen LogP contribution in [0.3, 0.4) is 0 Å². The second-order valence-electron chi connectivity index (χ2n) is 4.26. The quantitative estimate of drug-likeness (QED) is 0.563. The van der Waals surface area contributed by atoms with Gasteiger partial charge in [0.2, 0.25) is 0 Å². The monoisotopic (exact) mass is 408 g/mol. The maximum absolute atomic E-state index is 6.33. The zero-order valence-corrected chi connectivity index (χ0v) is 15.1. The van der Waals surface area contributed by atoms with E-state index in [1.54, 1.807) is 38.5 Å². The number of alkyl halides is 1. The fourth-order valence-corrected chi connectivity index (χ4v) is 3.63. The normalized spacial score (nSPS) is 12.1. The smallest absolute Gasteiger partial charge is 0.162 e. The number of hydrogen-bond acceptors (Lipinski definition) is 2. The molecule has 2 rings (SSSR count). The molecule has 0 radical (unpaired) electrons. The van der Waals surface area contributed by atoms with Gasteiger partial charge in [0.15, 0.2) is 11.5 Å². The molecule has 21 heavy (non-hydrogen) atoms. The van der Waals surface area contributed by atoms with Gasteiger partial charge in [-0.3, -0.25) is 0 Å². The summed E-state index contributed by atoms with van der Waals surface area (Å²) in [5.41, 5.74) is 1.65. The molecule has 0 aromatic heterocycles. The first kappa shape index (κ1) is 16.8. The maximum Gasteiger partial charge on any atom is 0.162 e. The Morgan fingerprint density at radius 2 is 1.43 bits per heavy atom. The number of hydrogen-bond donors (Lipinski definition) is 0. The first-order chi connectivity index (χ1) is 9.97. The van der Waals surface area contributed by atoms with Crippen molar-refractivity contribution in [3.05, 3.63) is 56.5 Å². The summed E-state index contributed by atoms with van der Waals surface area (Å²) >= 11 is 22.2. The Morgan fingerprint density at radius 3 is 2.05 bits per heavy atom. The topological polar surface area (TPSA) is 18.5 Å². The summed E-state index contributed by atoms with van der Waals surface area (Å²) in [6.45, 7) is 0. The number of benzene rings is 2. The third kappa shape index (κ3) is 3.59. The van der Waals surface area contributed by atoms with E-state index in [4.69, 9.17) is 44.3 Å². The molecule has 0 saturated heterocycles. The highest BCUT2D eigenvalue weighted by Gasteiger charge is 2.20. The van der Waals surface area contributed by atoms with Gasteiger partial charge < -0.3 is 9.47 Å². The molecular formula is C15H12BrCl3O2. The molecule has 0 heterocycles. The second kappa shape index (κ2) is 7.10. The van der Waals surface area contributed by atoms with Crippen LogP contribution in [-0.2, 0) is 0 Å². The van der Waals surface area contributed by atoms with Crippen LogP contribution in [-0.4, -0.2) is 14.2 Å². The molecule has 112 valence electrons. The van der Waals surface area contributed by atoms with Gasteiger partial charge in [0.05, 0.1) is 19.0 Å². The van der Waals surface area contributed by atoms with Crippen LogP contribution >= 0.6 is 50.7 Å². The van der Waals surface area contributed by atoms with Crippen LogP contribution < -0.4 is 9.47 Å². The predicted molar refractivity (Wildman–Crippen MR) is 91.8 cm³/mol. The Morgan fingerprint density at radius 1 is 0.857 bits per heavy atom. The molecule has 2 aromatic rings. The Bertz CT molecular complexity index is 662. The first-order valence-electron chi connectivity index (χ1n) is 5.98. The second-order valence-corrected chi connectivity index (χ2v) is 6.42. The molecule has 6 heteroatoms. The minimum atomic E-state index is -0.212. The van der Waals surface area contributed by atoms with E-state index in [0.717, 1.165) is 11.1 Å². The van der Waals surface area contributed by atoms with Gasteiger partial charge >= 0.3 is 0 Å². The van der Waals surface area contributed by atoms with Crippen LogP contribution in [0.15, 0.2) is 30.3 Å². The average molecular weight is 411 g/mol. The molecule has 0 aliphatic rings. The van der Waals surface area contributed by atoms with E-state index < -0.39 is 0 Å². The van der Waals surface area contributed by atoms with Crippen LogP contribution in [0.2, 0.25) is 15.1 Å². The fraction of sp³-hybridized carbons (Fsp3) is 0.200. The van der Waals surface area contributed by atoms with Gasteiger partial charge in [-0.05, 0) is 35.4 Å². The standard InChI is InChI=1S/C15H12BrCl3O2/c1-20-13-6-10(12(19)7-14(13)21-2)15(16)9-5-8(17)3-4-11(9)18/h3-7,15H,1-2H3. The summed E-state index contributed by atoms with van der Waals surface area (Å²) in [5.74, 6) is 1.17. The first-order valence-corrected chi connectivity index (χ1v) is 8.03. The highest BCUT2D eigenvalue weighted by molar-refractivity contribution is 9.09. The number of rotatable bonds is 4. The van der Waals surface area contributed by atoms with Gasteiger partial charge in [-0.2, -0.15) is 0 Å². The van der Waals surface area contributed by atoms with Crippen LogP contribution in [0.1, 0.15) is 16.0 Å². The van der Waals surface area contributed by atoms with Gasteiger partial charge in [0.1, 0.15) is 0 Å². The zero-order chi connectivity index (χ0) is 15.6. The largest absolute Gasteiger partial charge is 0.493 e. The molecule has 0 saturated carbocycles. The number of ether oxygens (including phenoxy) is 2. The van der Waals surface area contributed by atoms with Gasteiger partial charge in [-0.15, -0.1) is 0 Å². The molecule has 0 spiro atoms. The van der Waals surface area contributed by atoms with E-state index in [-0.39, 0.29) is 4.83 Å². The lowest BCUT2D eigenvalue weighted by Crippen LogP contribution is -1.98. The molecule has 0 aliphatic heterocycles. The summed E-state index contributed by atoms with van der Waals surface area (Å²) in [6.07, 6.45) is 0. The SMILES string of the molecule is COc1cc(Cl)c(C(Br)c2cc(Cl)ccc2Cl)cc1OC. The molecule has 0 bridgehead atoms. The van der Waals surface area contributed by atoms with E-state index >= 15 is 0 Å². The number of halogens is 4. The van der Waals surface area contributed by atoms with Crippen LogP contribution in [0.5, 0.6) is 11.5 Å². The van der Waals surface area contributed by atoms with Crippen molar-refractivity contribution >= 4 is 50.7 Å². The average Bonchev–Trinajstić information content (AvgIpc) is 2.48. The van der Waals surface area contributed by atoms with Crippen LogP contribution in [0.4, 0.5) is 0 Å². The lowest BCUT2D eigenvalue weighted by molar-refractivity contribution is 0.354. The molecule has 2 aromatic carbocycles. The summed E-state index contributed by atoms with van der Waals surface area (Å²) in [7, 11) is 3.14. The fourth-order valence-electron chi connectivity index (χ4n) is 1.94. The summed E-state index contributed by atoms with van der Waals surface area (Å²) in [5, 5.41) is 1.76. The highest BCUT2D eigenvalue weighted by Crippen LogP contribution is 2.43. The molecule has 0 amide bonds. The van der Waals surface area contributed by atoms with E-state index in [9.17, 15) is 0 Å². The third-order valence-corrected chi connectivity index (χ3v) is 4.90. The number of methoxy groups -OCH3 is 2. The Labute approximate surface area is 147 Å². The lowest BCUT2D eigenvalue weighted by Gasteiger charge is -2.17. The van der Waals surface area contributed by atoms with Gasteiger partial charge in [-0.25, -0.2) is 0 Å². The van der Waals surface area contributed by atoms with E-state index in [2.05, 4.69) is 15.9 Å². The Kier molecular flexibility index (Phi) is 5.67. The Balaban J connectivity index is 2.52.